The van der Waals surface area contributed by atoms with Crippen LogP contribution in [0, 0.1) is 5.92 Å². The van der Waals surface area contributed by atoms with Gasteiger partial charge in [-0.25, -0.2) is 4.79 Å². The van der Waals surface area contributed by atoms with Gasteiger partial charge in [-0.05, 0) is 55.9 Å². The summed E-state index contributed by atoms with van der Waals surface area (Å²) in [5, 5.41) is 5.53. The normalized spacial score (nSPS) is 20.2. The highest BCUT2D eigenvalue weighted by atomic mass is 16.2. The van der Waals surface area contributed by atoms with Gasteiger partial charge in [0.05, 0.1) is 0 Å². The first kappa shape index (κ1) is 18.2. The summed E-state index contributed by atoms with van der Waals surface area (Å²) in [7, 11) is 0. The summed E-state index contributed by atoms with van der Waals surface area (Å²) in [5.74, 6) is -2.06. The Kier molecular flexibility index (Phi) is 5.40. The number of fused-ring (bicyclic) bond motifs is 1. The average Bonchev–Trinajstić information content (AvgIpc) is 3.08. The molecule has 1 heterocycles. The van der Waals surface area contributed by atoms with Crippen molar-refractivity contribution in [1.29, 1.82) is 0 Å². The van der Waals surface area contributed by atoms with Crippen LogP contribution in [-0.4, -0.2) is 29.3 Å². The van der Waals surface area contributed by atoms with Crippen LogP contribution in [0.4, 0.5) is 10.5 Å². The van der Waals surface area contributed by atoms with Crippen molar-refractivity contribution in [3.8, 4) is 0 Å². The third kappa shape index (κ3) is 3.49. The molecule has 1 aromatic carbocycles. The quantitative estimate of drug-likeness (QED) is 0.769. The maximum atomic E-state index is 12.8. The molecule has 2 aliphatic rings. The first-order valence-corrected chi connectivity index (χ1v) is 9.26. The van der Waals surface area contributed by atoms with Crippen LogP contribution in [0.3, 0.4) is 0 Å². The Bertz CT molecular complexity index is 770. The van der Waals surface area contributed by atoms with E-state index < -0.39 is 23.8 Å². The molecule has 1 aliphatic carbocycles. The molecule has 0 spiro atoms. The molecule has 6 heteroatoms. The standard InChI is InChI=1S/C20H25N3O3/c1-3-5-11-23-19(25)17(18(24)22-20(23)26)16(4-2)21-15-10-9-13-7-6-8-14(13)12-15/h4,9-10,12,17,21H,3,5-8,11H2,1-2H3,(H,22,24,26)/b16-4+/t17-/m1/s1. The molecule has 0 aromatic heterocycles. The summed E-state index contributed by atoms with van der Waals surface area (Å²) < 4.78 is 0. The minimum absolute atomic E-state index is 0.320. The third-order valence-corrected chi connectivity index (χ3v) is 4.99. The summed E-state index contributed by atoms with van der Waals surface area (Å²) in [4.78, 5) is 38.3. The van der Waals surface area contributed by atoms with Crippen molar-refractivity contribution in [2.75, 3.05) is 11.9 Å². The summed E-state index contributed by atoms with van der Waals surface area (Å²) in [6.45, 7) is 4.09. The molecule has 1 atom stereocenters. The maximum absolute atomic E-state index is 12.8. The molecule has 0 radical (unpaired) electrons. The van der Waals surface area contributed by atoms with Crippen LogP contribution in [0.25, 0.3) is 0 Å². The van der Waals surface area contributed by atoms with Crippen molar-refractivity contribution in [3.63, 3.8) is 0 Å². The van der Waals surface area contributed by atoms with E-state index in [0.717, 1.165) is 36.3 Å². The van der Waals surface area contributed by atoms with Gasteiger partial charge in [-0.3, -0.25) is 19.8 Å². The minimum atomic E-state index is -1.03. The number of urea groups is 1. The van der Waals surface area contributed by atoms with Gasteiger partial charge in [-0.15, -0.1) is 0 Å². The first-order valence-electron chi connectivity index (χ1n) is 9.26. The molecule has 26 heavy (non-hydrogen) atoms. The number of barbiturate groups is 1. The molecular weight excluding hydrogens is 330 g/mol. The van der Waals surface area contributed by atoms with E-state index in [4.69, 9.17) is 0 Å². The van der Waals surface area contributed by atoms with Crippen LogP contribution in [-0.2, 0) is 22.4 Å². The Morgan fingerprint density at radius 2 is 2.04 bits per heavy atom. The third-order valence-electron chi connectivity index (χ3n) is 4.99. The predicted octanol–water partition coefficient (Wildman–Crippen LogP) is 2.99. The number of carbonyl (C=O) groups is 3. The maximum Gasteiger partial charge on any atom is 0.330 e. The lowest BCUT2D eigenvalue weighted by molar-refractivity contribution is -0.140. The predicted molar refractivity (Wildman–Crippen MR) is 99.5 cm³/mol. The Morgan fingerprint density at radius 1 is 1.27 bits per heavy atom. The molecule has 1 saturated heterocycles. The molecule has 6 nitrogen and oxygen atoms in total. The Hall–Kier alpha value is -2.63. The van der Waals surface area contributed by atoms with Gasteiger partial charge >= 0.3 is 6.03 Å². The number of hydrogen-bond donors (Lipinski definition) is 2. The molecule has 2 N–H and O–H groups in total. The average molecular weight is 355 g/mol. The molecule has 3 rings (SSSR count). The van der Waals surface area contributed by atoms with Gasteiger partial charge in [-0.1, -0.05) is 25.5 Å². The van der Waals surface area contributed by atoms with E-state index in [1.165, 1.54) is 11.1 Å². The number of aryl methyl sites for hydroxylation is 2. The monoisotopic (exact) mass is 355 g/mol. The van der Waals surface area contributed by atoms with E-state index in [1.807, 2.05) is 13.0 Å². The number of nitrogens with zero attached hydrogens (tertiary/aromatic N) is 1. The molecule has 0 bridgehead atoms. The molecule has 0 unspecified atom stereocenters. The zero-order valence-electron chi connectivity index (χ0n) is 15.3. The SMILES string of the molecule is C/C=C(/Nc1ccc2c(c1)CCC2)[C@@H]1C(=O)NC(=O)N(CCCC)C1=O. The molecule has 1 aliphatic heterocycles. The van der Waals surface area contributed by atoms with Crippen LogP contribution in [0.1, 0.15) is 44.2 Å². The number of hydrogen-bond acceptors (Lipinski definition) is 4. The zero-order chi connectivity index (χ0) is 18.7. The highest BCUT2D eigenvalue weighted by molar-refractivity contribution is 6.18. The fourth-order valence-corrected chi connectivity index (χ4v) is 3.54. The van der Waals surface area contributed by atoms with Crippen LogP contribution >= 0.6 is 0 Å². The van der Waals surface area contributed by atoms with E-state index in [-0.39, 0.29) is 0 Å². The number of carbonyl (C=O) groups excluding carboxylic acids is 3. The van der Waals surface area contributed by atoms with Gasteiger partial charge in [-0.2, -0.15) is 0 Å². The number of anilines is 1. The smallest absolute Gasteiger partial charge is 0.330 e. The van der Waals surface area contributed by atoms with E-state index in [2.05, 4.69) is 22.8 Å². The van der Waals surface area contributed by atoms with Gasteiger partial charge in [0.25, 0.3) is 0 Å². The van der Waals surface area contributed by atoms with Gasteiger partial charge in [0.1, 0.15) is 0 Å². The van der Waals surface area contributed by atoms with Gasteiger partial charge < -0.3 is 5.32 Å². The van der Waals surface area contributed by atoms with Crippen molar-refractivity contribution in [2.24, 2.45) is 5.92 Å². The number of nitrogens with one attached hydrogen (secondary N) is 2. The second kappa shape index (κ2) is 7.72. The van der Waals surface area contributed by atoms with Crippen molar-refractivity contribution < 1.29 is 14.4 Å². The zero-order valence-corrected chi connectivity index (χ0v) is 15.3. The Labute approximate surface area is 153 Å². The number of benzene rings is 1. The van der Waals surface area contributed by atoms with Gasteiger partial charge in [0, 0.05) is 17.9 Å². The molecule has 0 saturated carbocycles. The largest absolute Gasteiger partial charge is 0.358 e. The first-order chi connectivity index (χ1) is 12.5. The highest BCUT2D eigenvalue weighted by Gasteiger charge is 2.42. The summed E-state index contributed by atoms with van der Waals surface area (Å²) in [6.07, 6.45) is 6.61. The Morgan fingerprint density at radius 3 is 2.77 bits per heavy atom. The van der Waals surface area contributed by atoms with E-state index in [0.29, 0.717) is 18.7 Å². The van der Waals surface area contributed by atoms with E-state index in [9.17, 15) is 14.4 Å². The Balaban J connectivity index is 1.80. The fraction of sp³-hybridized carbons (Fsp3) is 0.450. The van der Waals surface area contributed by atoms with Gasteiger partial charge in [0.2, 0.25) is 11.8 Å². The van der Waals surface area contributed by atoms with Crippen LogP contribution in [0.15, 0.2) is 30.0 Å². The van der Waals surface area contributed by atoms with Crippen molar-refractivity contribution in [2.45, 2.75) is 46.0 Å². The lowest BCUT2D eigenvalue weighted by Crippen LogP contribution is -2.58. The van der Waals surface area contributed by atoms with E-state index >= 15 is 0 Å². The fourth-order valence-electron chi connectivity index (χ4n) is 3.54. The van der Waals surface area contributed by atoms with Crippen molar-refractivity contribution >= 4 is 23.5 Å². The van der Waals surface area contributed by atoms with Crippen molar-refractivity contribution in [1.82, 2.24) is 10.2 Å². The van der Waals surface area contributed by atoms with Crippen molar-refractivity contribution in [3.05, 3.63) is 41.1 Å². The number of imide groups is 2. The second-order valence-electron chi connectivity index (χ2n) is 6.78. The summed E-state index contributed by atoms with van der Waals surface area (Å²) in [5.41, 5.74) is 4.03. The molecule has 138 valence electrons. The lowest BCUT2D eigenvalue weighted by Gasteiger charge is -2.31. The molecule has 4 amide bonds. The lowest BCUT2D eigenvalue weighted by atomic mass is 9.99. The molecular formula is C20H25N3O3. The van der Waals surface area contributed by atoms with E-state index in [1.54, 1.807) is 13.0 Å². The summed E-state index contributed by atoms with van der Waals surface area (Å²) in [6, 6.07) is 5.52. The van der Waals surface area contributed by atoms with Crippen LogP contribution in [0.2, 0.25) is 0 Å². The topological polar surface area (TPSA) is 78.5 Å². The van der Waals surface area contributed by atoms with Crippen LogP contribution < -0.4 is 10.6 Å². The van der Waals surface area contributed by atoms with Crippen LogP contribution in [0.5, 0.6) is 0 Å². The summed E-state index contributed by atoms with van der Waals surface area (Å²) >= 11 is 0. The number of amides is 4. The molecule has 1 fully saturated rings. The number of rotatable bonds is 6. The molecule has 1 aromatic rings. The highest BCUT2D eigenvalue weighted by Crippen LogP contribution is 2.27. The number of allylic oxidation sites excluding steroid dienone is 1. The second-order valence-corrected chi connectivity index (χ2v) is 6.78. The number of unbranched alkanes of at least 4 members (excludes halogenated alkanes) is 1. The van der Waals surface area contributed by atoms with Gasteiger partial charge in [0.15, 0.2) is 5.92 Å². The minimum Gasteiger partial charge on any atom is -0.358 e.